The molecule has 0 spiro atoms. The topological polar surface area (TPSA) is 38.9 Å². The molecule has 0 atom stereocenters. The van der Waals surface area contributed by atoms with E-state index in [1.54, 1.807) is 0 Å². The third-order valence-corrected chi connectivity index (χ3v) is 2.17. The molecule has 0 bridgehead atoms. The Morgan fingerprint density at radius 2 is 2.00 bits per heavy atom. The zero-order chi connectivity index (χ0) is 8.43. The zero-order valence-electron chi connectivity index (χ0n) is 7.31. The number of hydrogen-bond acceptors (Lipinski definition) is 2. The van der Waals surface area contributed by atoms with Gasteiger partial charge in [0.2, 0.25) is 0 Å². The first-order chi connectivity index (χ1) is 5.16. The number of rotatable bonds is 1. The van der Waals surface area contributed by atoms with Crippen LogP contribution in [0.25, 0.3) is 0 Å². The van der Waals surface area contributed by atoms with E-state index in [9.17, 15) is 0 Å². The molecule has 1 aromatic rings. The molecule has 60 valence electrons. The van der Waals surface area contributed by atoms with Crippen molar-refractivity contribution in [3.05, 3.63) is 22.9 Å². The van der Waals surface area contributed by atoms with E-state index in [1.165, 1.54) is 11.1 Å². The molecule has 0 fully saturated rings. The van der Waals surface area contributed by atoms with Crippen molar-refractivity contribution >= 4 is 5.82 Å². The molecule has 11 heavy (non-hydrogen) atoms. The van der Waals surface area contributed by atoms with Crippen molar-refractivity contribution in [1.29, 1.82) is 0 Å². The lowest BCUT2D eigenvalue weighted by molar-refractivity contribution is 1.06. The summed E-state index contributed by atoms with van der Waals surface area (Å²) in [5.74, 6) is 0.653. The first-order valence-corrected chi connectivity index (χ1v) is 3.87. The summed E-state index contributed by atoms with van der Waals surface area (Å²) >= 11 is 0. The van der Waals surface area contributed by atoms with Crippen molar-refractivity contribution in [3.63, 3.8) is 0 Å². The molecule has 0 unspecified atom stereocenters. The van der Waals surface area contributed by atoms with E-state index in [0.29, 0.717) is 5.82 Å². The molecule has 0 aliphatic rings. The lowest BCUT2D eigenvalue weighted by atomic mass is 10.0. The first-order valence-electron chi connectivity index (χ1n) is 3.87. The Balaban J connectivity index is 3.25. The molecule has 2 heteroatoms. The quantitative estimate of drug-likeness (QED) is 0.663. The molecule has 0 aliphatic carbocycles. The number of nitrogens with zero attached hydrogens (tertiary/aromatic N) is 1. The Bertz CT molecular complexity index is 267. The number of pyridine rings is 1. The number of aryl methyl sites for hydroxylation is 1. The first kappa shape index (κ1) is 8.05. The summed E-state index contributed by atoms with van der Waals surface area (Å²) < 4.78 is 0. The predicted molar refractivity (Wildman–Crippen MR) is 47.5 cm³/mol. The van der Waals surface area contributed by atoms with Crippen LogP contribution in [0.4, 0.5) is 5.82 Å². The van der Waals surface area contributed by atoms with E-state index < -0.39 is 0 Å². The summed E-state index contributed by atoms with van der Waals surface area (Å²) in [5, 5.41) is 0. The third kappa shape index (κ3) is 1.34. The number of nitrogens with two attached hydrogens (primary N) is 1. The molecule has 2 N–H and O–H groups in total. The maximum absolute atomic E-state index is 5.63. The van der Waals surface area contributed by atoms with E-state index in [1.807, 2.05) is 13.1 Å². The number of hydrogen-bond donors (Lipinski definition) is 1. The van der Waals surface area contributed by atoms with E-state index in [0.717, 1.165) is 12.0 Å². The van der Waals surface area contributed by atoms with Gasteiger partial charge in [-0.25, -0.2) is 4.98 Å². The van der Waals surface area contributed by atoms with Crippen LogP contribution < -0.4 is 5.73 Å². The van der Waals surface area contributed by atoms with Crippen LogP contribution in [0.15, 0.2) is 6.20 Å². The van der Waals surface area contributed by atoms with Gasteiger partial charge in [-0.2, -0.15) is 0 Å². The molecule has 0 saturated heterocycles. The fraction of sp³-hybridized carbons (Fsp3) is 0.444. The largest absolute Gasteiger partial charge is 0.383 e. The van der Waals surface area contributed by atoms with Gasteiger partial charge in [-0.05, 0) is 37.0 Å². The van der Waals surface area contributed by atoms with Crippen LogP contribution in [0, 0.1) is 13.8 Å². The zero-order valence-corrected chi connectivity index (χ0v) is 7.31. The highest BCUT2D eigenvalue weighted by molar-refractivity contribution is 5.45. The summed E-state index contributed by atoms with van der Waals surface area (Å²) in [6.07, 6.45) is 2.89. The summed E-state index contributed by atoms with van der Waals surface area (Å²) in [6, 6.07) is 0. The minimum Gasteiger partial charge on any atom is -0.383 e. The standard InChI is InChI=1S/C9H14N2/c1-4-8-5-11-9(10)7(3)6(8)2/h5H,4H2,1-3H3,(H2,10,11). The highest BCUT2D eigenvalue weighted by Crippen LogP contribution is 2.16. The molecule has 0 amide bonds. The van der Waals surface area contributed by atoms with E-state index in [-0.39, 0.29) is 0 Å². The summed E-state index contributed by atoms with van der Waals surface area (Å²) in [5.41, 5.74) is 9.31. The van der Waals surface area contributed by atoms with Gasteiger partial charge in [-0.3, -0.25) is 0 Å². The second-order valence-corrected chi connectivity index (χ2v) is 2.77. The van der Waals surface area contributed by atoms with Crippen LogP contribution in [0.3, 0.4) is 0 Å². The Hall–Kier alpha value is -1.05. The van der Waals surface area contributed by atoms with Crippen molar-refractivity contribution in [3.8, 4) is 0 Å². The molecule has 1 aromatic heterocycles. The van der Waals surface area contributed by atoms with Gasteiger partial charge in [-0.15, -0.1) is 0 Å². The van der Waals surface area contributed by atoms with Gasteiger partial charge < -0.3 is 5.73 Å². The van der Waals surface area contributed by atoms with Crippen LogP contribution >= 0.6 is 0 Å². The maximum Gasteiger partial charge on any atom is 0.126 e. The van der Waals surface area contributed by atoms with Crippen molar-refractivity contribution < 1.29 is 0 Å². The molecule has 1 rings (SSSR count). The fourth-order valence-electron chi connectivity index (χ4n) is 1.13. The van der Waals surface area contributed by atoms with Gasteiger partial charge in [0.1, 0.15) is 5.82 Å². The molecule has 0 aliphatic heterocycles. The normalized spacial score (nSPS) is 10.1. The average Bonchev–Trinajstić information content (AvgIpc) is 2.01. The lowest BCUT2D eigenvalue weighted by Gasteiger charge is -2.07. The van der Waals surface area contributed by atoms with E-state index >= 15 is 0 Å². The molecular weight excluding hydrogens is 136 g/mol. The van der Waals surface area contributed by atoms with Gasteiger partial charge >= 0.3 is 0 Å². The highest BCUT2D eigenvalue weighted by atomic mass is 14.8. The van der Waals surface area contributed by atoms with Crippen LogP contribution in [0.1, 0.15) is 23.6 Å². The number of anilines is 1. The van der Waals surface area contributed by atoms with Crippen molar-refractivity contribution in [2.75, 3.05) is 5.73 Å². The van der Waals surface area contributed by atoms with Crippen LogP contribution in [-0.2, 0) is 6.42 Å². The second-order valence-electron chi connectivity index (χ2n) is 2.77. The van der Waals surface area contributed by atoms with Crippen LogP contribution in [0.5, 0.6) is 0 Å². The second kappa shape index (κ2) is 2.91. The Kier molecular flexibility index (Phi) is 2.13. The fourth-order valence-corrected chi connectivity index (χ4v) is 1.13. The minimum absolute atomic E-state index is 0.653. The highest BCUT2D eigenvalue weighted by Gasteiger charge is 2.02. The SMILES string of the molecule is CCc1cnc(N)c(C)c1C. The van der Waals surface area contributed by atoms with Gasteiger partial charge in [0.05, 0.1) is 0 Å². The van der Waals surface area contributed by atoms with Crippen LogP contribution in [-0.4, -0.2) is 4.98 Å². The van der Waals surface area contributed by atoms with Gasteiger partial charge in [-0.1, -0.05) is 6.92 Å². The van der Waals surface area contributed by atoms with E-state index in [4.69, 9.17) is 5.73 Å². The van der Waals surface area contributed by atoms with Crippen molar-refractivity contribution in [1.82, 2.24) is 4.98 Å². The van der Waals surface area contributed by atoms with Gasteiger partial charge in [0.25, 0.3) is 0 Å². The summed E-state index contributed by atoms with van der Waals surface area (Å²) in [6.45, 7) is 6.22. The lowest BCUT2D eigenvalue weighted by Crippen LogP contribution is -1.99. The summed E-state index contributed by atoms with van der Waals surface area (Å²) in [7, 11) is 0. The molecule has 0 aromatic carbocycles. The van der Waals surface area contributed by atoms with Crippen molar-refractivity contribution in [2.45, 2.75) is 27.2 Å². The molecule has 1 heterocycles. The predicted octanol–water partition coefficient (Wildman–Crippen LogP) is 1.84. The minimum atomic E-state index is 0.653. The smallest absolute Gasteiger partial charge is 0.126 e. The number of nitrogen functional groups attached to an aromatic ring is 1. The van der Waals surface area contributed by atoms with Crippen LogP contribution in [0.2, 0.25) is 0 Å². The van der Waals surface area contributed by atoms with Gasteiger partial charge in [0, 0.05) is 6.20 Å². The van der Waals surface area contributed by atoms with Crippen molar-refractivity contribution in [2.24, 2.45) is 0 Å². The van der Waals surface area contributed by atoms with Gasteiger partial charge in [0.15, 0.2) is 0 Å². The monoisotopic (exact) mass is 150 g/mol. The van der Waals surface area contributed by atoms with E-state index in [2.05, 4.69) is 18.8 Å². The maximum atomic E-state index is 5.63. The molecule has 0 radical (unpaired) electrons. The summed E-state index contributed by atoms with van der Waals surface area (Å²) in [4.78, 5) is 4.09. The molecule has 2 nitrogen and oxygen atoms in total. The average molecular weight is 150 g/mol. The molecular formula is C9H14N2. The Morgan fingerprint density at radius 3 is 2.55 bits per heavy atom. The number of aromatic nitrogens is 1. The third-order valence-electron chi connectivity index (χ3n) is 2.17. The Labute approximate surface area is 67.5 Å². The molecule has 0 saturated carbocycles. The Morgan fingerprint density at radius 1 is 1.36 bits per heavy atom.